The zero-order valence-corrected chi connectivity index (χ0v) is 9.16. The molecule has 0 aliphatic heterocycles. The van der Waals surface area contributed by atoms with Gasteiger partial charge in [0.25, 0.3) is 9.84 Å². The van der Waals surface area contributed by atoms with E-state index in [4.69, 9.17) is 0 Å². The first-order chi connectivity index (χ1) is 7.32. The average molecular weight is 267 g/mol. The van der Waals surface area contributed by atoms with Crippen LogP contribution >= 0.6 is 11.3 Å². The second-order valence-corrected chi connectivity index (χ2v) is 6.15. The molecule has 0 atom stereocenters. The molecule has 2 rings (SSSR count). The van der Waals surface area contributed by atoms with Gasteiger partial charge in [-0.1, -0.05) is 0 Å². The normalized spacial score (nSPS) is 13.2. The number of nitrogens with zero attached hydrogens (tertiary/aromatic N) is 1. The van der Waals surface area contributed by atoms with Crippen LogP contribution in [0.1, 0.15) is 0 Å². The van der Waals surface area contributed by atoms with Crippen LogP contribution < -0.4 is 0 Å². The van der Waals surface area contributed by atoms with Crippen LogP contribution in [-0.4, -0.2) is 18.9 Å². The van der Waals surface area contributed by atoms with Crippen molar-refractivity contribution in [2.24, 2.45) is 0 Å². The highest BCUT2D eigenvalue weighted by Crippen LogP contribution is 2.36. The lowest BCUT2D eigenvalue weighted by atomic mass is 10.4. The molecular weight excluding hydrogens is 263 g/mol. The molecule has 0 N–H and O–H groups in total. The Morgan fingerprint density at radius 2 is 2.00 bits per heavy atom. The Bertz CT molecular complexity index is 597. The molecule has 3 nitrogen and oxygen atoms in total. The Morgan fingerprint density at radius 3 is 2.56 bits per heavy atom. The highest BCUT2D eigenvalue weighted by Gasteiger charge is 2.47. The topological polar surface area (TPSA) is 47.0 Å². The van der Waals surface area contributed by atoms with E-state index in [-0.39, 0.29) is 5.52 Å². The van der Waals surface area contributed by atoms with Crippen LogP contribution in [0.3, 0.4) is 0 Å². The van der Waals surface area contributed by atoms with Gasteiger partial charge in [-0.25, -0.2) is 8.42 Å². The van der Waals surface area contributed by atoms with E-state index in [1.807, 2.05) is 0 Å². The second-order valence-electron chi connectivity index (χ2n) is 2.90. The maximum Gasteiger partial charge on any atom is 0.502 e. The molecule has 2 aromatic heterocycles. The monoisotopic (exact) mass is 267 g/mol. The Balaban J connectivity index is 2.66. The first kappa shape index (κ1) is 11.3. The van der Waals surface area contributed by atoms with Crippen LogP contribution in [0.2, 0.25) is 0 Å². The molecule has 16 heavy (non-hydrogen) atoms. The number of fused-ring (bicyclic) bond motifs is 1. The van der Waals surface area contributed by atoms with Crippen molar-refractivity contribution >= 4 is 31.4 Å². The summed E-state index contributed by atoms with van der Waals surface area (Å²) >= 11 is 0.561. The molecule has 2 heterocycles. The molecule has 2 aromatic rings. The number of aromatic nitrogens is 1. The lowest BCUT2D eigenvalue weighted by Crippen LogP contribution is -2.22. The van der Waals surface area contributed by atoms with E-state index in [0.29, 0.717) is 16.0 Å². The third kappa shape index (κ3) is 1.67. The van der Waals surface area contributed by atoms with E-state index < -0.39 is 19.6 Å². The summed E-state index contributed by atoms with van der Waals surface area (Å²) in [6.45, 7) is 0. The van der Waals surface area contributed by atoms with Crippen molar-refractivity contribution in [3.8, 4) is 0 Å². The Hall–Kier alpha value is -1.15. The number of alkyl halides is 3. The Morgan fingerprint density at radius 1 is 1.31 bits per heavy atom. The largest absolute Gasteiger partial charge is 0.502 e. The van der Waals surface area contributed by atoms with E-state index in [9.17, 15) is 21.6 Å². The van der Waals surface area contributed by atoms with E-state index in [1.54, 1.807) is 0 Å². The number of halogens is 3. The predicted molar refractivity (Wildman–Crippen MR) is 52.9 cm³/mol. The van der Waals surface area contributed by atoms with E-state index in [0.717, 1.165) is 6.07 Å². The van der Waals surface area contributed by atoms with E-state index >= 15 is 0 Å². The van der Waals surface area contributed by atoms with Gasteiger partial charge in [0.05, 0.1) is 10.2 Å². The first-order valence-corrected chi connectivity index (χ1v) is 6.28. The number of thiophene rings is 1. The lowest BCUT2D eigenvalue weighted by molar-refractivity contribution is -0.0434. The Labute approximate surface area is 92.5 Å². The zero-order valence-electron chi connectivity index (χ0n) is 7.52. The summed E-state index contributed by atoms with van der Waals surface area (Å²) in [4.78, 5) is 3.78. The molecular formula is C8H4F3NO2S2. The smallest absolute Gasteiger partial charge is 0.255 e. The maximum absolute atomic E-state index is 12.2. The second kappa shape index (κ2) is 3.42. The predicted octanol–water partition coefficient (Wildman–Crippen LogP) is 2.59. The molecule has 0 amide bonds. The van der Waals surface area contributed by atoms with Gasteiger partial charge in [0.15, 0.2) is 0 Å². The van der Waals surface area contributed by atoms with Gasteiger partial charge >= 0.3 is 5.51 Å². The molecule has 0 saturated carbocycles. The van der Waals surface area contributed by atoms with Crippen molar-refractivity contribution in [3.05, 3.63) is 24.4 Å². The standard InChI is InChI=1S/C8H4F3NO2S2/c9-8(10,11)16(13,14)7-4-5-6(15-7)2-1-3-12-5/h1-4H. The fourth-order valence-corrected chi connectivity index (χ4v) is 3.33. The van der Waals surface area contributed by atoms with Crippen LogP contribution in [0, 0.1) is 0 Å². The summed E-state index contributed by atoms with van der Waals surface area (Å²) in [6, 6.07) is 3.98. The summed E-state index contributed by atoms with van der Waals surface area (Å²) in [6.07, 6.45) is 1.39. The van der Waals surface area contributed by atoms with Crippen molar-refractivity contribution < 1.29 is 21.6 Å². The van der Waals surface area contributed by atoms with Gasteiger partial charge in [-0.2, -0.15) is 13.2 Å². The quantitative estimate of drug-likeness (QED) is 0.797. The van der Waals surface area contributed by atoms with Crippen molar-refractivity contribution in [2.45, 2.75) is 9.72 Å². The van der Waals surface area contributed by atoms with Crippen molar-refractivity contribution in [1.29, 1.82) is 0 Å². The number of pyridine rings is 1. The molecule has 0 saturated heterocycles. The molecule has 0 aromatic carbocycles. The molecule has 0 radical (unpaired) electrons. The average Bonchev–Trinajstić information content (AvgIpc) is 2.59. The van der Waals surface area contributed by atoms with Gasteiger partial charge in [0.1, 0.15) is 4.21 Å². The maximum atomic E-state index is 12.2. The molecule has 0 fully saturated rings. The van der Waals surface area contributed by atoms with Crippen LogP contribution in [0.25, 0.3) is 10.2 Å². The highest BCUT2D eigenvalue weighted by atomic mass is 32.2. The summed E-state index contributed by atoms with van der Waals surface area (Å²) in [5.74, 6) is 0. The molecule has 0 aliphatic rings. The van der Waals surface area contributed by atoms with Crippen LogP contribution in [0.5, 0.6) is 0 Å². The van der Waals surface area contributed by atoms with Crippen molar-refractivity contribution in [3.63, 3.8) is 0 Å². The number of hydrogen-bond acceptors (Lipinski definition) is 4. The SMILES string of the molecule is O=S(=O)(c1cc2ncccc2s1)C(F)(F)F. The first-order valence-electron chi connectivity index (χ1n) is 3.98. The van der Waals surface area contributed by atoms with Crippen LogP contribution in [0.15, 0.2) is 28.6 Å². The Kier molecular flexibility index (Phi) is 2.43. The molecule has 8 heteroatoms. The molecule has 0 unspecified atom stereocenters. The number of rotatable bonds is 1. The van der Waals surface area contributed by atoms with Crippen LogP contribution in [-0.2, 0) is 9.84 Å². The minimum Gasteiger partial charge on any atom is -0.255 e. The lowest BCUT2D eigenvalue weighted by Gasteiger charge is -2.04. The van der Waals surface area contributed by atoms with Gasteiger partial charge in [-0.3, -0.25) is 4.98 Å². The molecule has 0 spiro atoms. The summed E-state index contributed by atoms with van der Waals surface area (Å²) < 4.78 is 58.6. The molecule has 0 aliphatic carbocycles. The van der Waals surface area contributed by atoms with Crippen molar-refractivity contribution in [1.82, 2.24) is 4.98 Å². The number of sulfone groups is 1. The highest BCUT2D eigenvalue weighted by molar-refractivity contribution is 7.94. The van der Waals surface area contributed by atoms with Crippen LogP contribution in [0.4, 0.5) is 13.2 Å². The van der Waals surface area contributed by atoms with E-state index in [1.165, 1.54) is 18.3 Å². The van der Waals surface area contributed by atoms with Gasteiger partial charge in [-0.05, 0) is 18.2 Å². The molecule has 0 bridgehead atoms. The van der Waals surface area contributed by atoms with Gasteiger partial charge in [-0.15, -0.1) is 11.3 Å². The number of hydrogen-bond donors (Lipinski definition) is 0. The minimum atomic E-state index is -5.27. The van der Waals surface area contributed by atoms with Crippen molar-refractivity contribution in [2.75, 3.05) is 0 Å². The van der Waals surface area contributed by atoms with Gasteiger partial charge in [0.2, 0.25) is 0 Å². The summed E-state index contributed by atoms with van der Waals surface area (Å²) in [5.41, 5.74) is -5.02. The fraction of sp³-hybridized carbons (Fsp3) is 0.125. The summed E-state index contributed by atoms with van der Waals surface area (Å²) in [7, 11) is -5.26. The van der Waals surface area contributed by atoms with E-state index in [2.05, 4.69) is 4.98 Å². The fourth-order valence-electron chi connectivity index (χ4n) is 1.09. The minimum absolute atomic E-state index is 0.246. The third-order valence-electron chi connectivity index (χ3n) is 1.83. The third-order valence-corrected chi connectivity index (χ3v) is 4.88. The van der Waals surface area contributed by atoms with Gasteiger partial charge in [0, 0.05) is 6.20 Å². The summed E-state index contributed by atoms with van der Waals surface area (Å²) in [5, 5.41) is 0. The van der Waals surface area contributed by atoms with Gasteiger partial charge < -0.3 is 0 Å². The zero-order chi connectivity index (χ0) is 12.0. The molecule has 86 valence electrons.